The van der Waals surface area contributed by atoms with Crippen molar-refractivity contribution in [2.24, 2.45) is 4.99 Å². The molecule has 0 N–H and O–H groups in total. The summed E-state index contributed by atoms with van der Waals surface area (Å²) in [5, 5.41) is 0. The Balaban J connectivity index is 2.70. The molecule has 0 aliphatic heterocycles. The molecule has 0 amide bonds. The van der Waals surface area contributed by atoms with Gasteiger partial charge in [-0.1, -0.05) is 18.7 Å². The van der Waals surface area contributed by atoms with Crippen LogP contribution in [0.25, 0.3) is 0 Å². The molecule has 1 aliphatic rings. The lowest BCUT2D eigenvalue weighted by atomic mass is 10.0. The summed E-state index contributed by atoms with van der Waals surface area (Å²) in [6.45, 7) is 6.99. The van der Waals surface area contributed by atoms with Gasteiger partial charge in [-0.15, -0.1) is 0 Å². The number of rotatable bonds is 2. The number of nitrogens with zero attached hydrogens (tertiary/aromatic N) is 1. The van der Waals surface area contributed by atoms with Crippen molar-refractivity contribution >= 4 is 6.72 Å². The maximum atomic E-state index is 12.5. The highest BCUT2D eigenvalue weighted by Crippen LogP contribution is 2.18. The molecule has 1 rings (SSSR count). The molecular weight excluding hydrogens is 141 g/mol. The number of aliphatic imine (C=N–C) groups is 1. The zero-order chi connectivity index (χ0) is 8.27. The second kappa shape index (κ2) is 3.28. The lowest BCUT2D eigenvalue weighted by Crippen LogP contribution is -1.98. The summed E-state index contributed by atoms with van der Waals surface area (Å²) in [4.78, 5) is 3.65. The summed E-state index contributed by atoms with van der Waals surface area (Å²) >= 11 is 0. The largest absolute Gasteiger partial charge is 0.265 e. The smallest absolute Gasteiger partial charge is 0.122 e. The highest BCUT2D eigenvalue weighted by atomic mass is 19.1. The number of halogens is 1. The molecule has 1 aliphatic carbocycles. The van der Waals surface area contributed by atoms with Crippen LogP contribution >= 0.6 is 0 Å². The van der Waals surface area contributed by atoms with Crippen LogP contribution in [0.1, 0.15) is 6.42 Å². The van der Waals surface area contributed by atoms with E-state index in [4.69, 9.17) is 0 Å². The van der Waals surface area contributed by atoms with Crippen LogP contribution in [0, 0.1) is 0 Å². The normalized spacial score (nSPS) is 22.6. The standard InChI is InChI=1S/C9H10FN/c1-7(11-2)8-3-5-9(10)6-4-8/h3-5,9H,1-2,6H2. The van der Waals surface area contributed by atoms with Crippen LogP contribution in [0.15, 0.2) is 41.1 Å². The zero-order valence-electron chi connectivity index (χ0n) is 6.26. The summed E-state index contributed by atoms with van der Waals surface area (Å²) in [5.74, 6) is 0. The highest BCUT2D eigenvalue weighted by Gasteiger charge is 2.06. The summed E-state index contributed by atoms with van der Waals surface area (Å²) < 4.78 is 12.5. The van der Waals surface area contributed by atoms with Crippen LogP contribution in [0.5, 0.6) is 0 Å². The van der Waals surface area contributed by atoms with Crippen molar-refractivity contribution in [3.63, 3.8) is 0 Å². The van der Waals surface area contributed by atoms with Gasteiger partial charge in [-0.3, -0.25) is 4.99 Å². The van der Waals surface area contributed by atoms with E-state index in [0.717, 1.165) is 5.57 Å². The van der Waals surface area contributed by atoms with E-state index < -0.39 is 6.17 Å². The van der Waals surface area contributed by atoms with Gasteiger partial charge in [0.25, 0.3) is 0 Å². The van der Waals surface area contributed by atoms with Crippen LogP contribution in [0.4, 0.5) is 4.39 Å². The van der Waals surface area contributed by atoms with E-state index in [1.165, 1.54) is 6.08 Å². The number of hydrogen-bond acceptors (Lipinski definition) is 1. The quantitative estimate of drug-likeness (QED) is 0.537. The van der Waals surface area contributed by atoms with Crippen molar-refractivity contribution in [3.8, 4) is 0 Å². The summed E-state index contributed by atoms with van der Waals surface area (Å²) in [6.07, 6.45) is 4.54. The Morgan fingerprint density at radius 2 is 2.45 bits per heavy atom. The molecule has 2 heteroatoms. The Labute approximate surface area is 65.6 Å². The molecular formula is C9H10FN. The molecule has 1 unspecified atom stereocenters. The Hall–Kier alpha value is -1.18. The van der Waals surface area contributed by atoms with E-state index in [-0.39, 0.29) is 0 Å². The van der Waals surface area contributed by atoms with Gasteiger partial charge >= 0.3 is 0 Å². The first-order chi connectivity index (χ1) is 5.24. The third-order valence-corrected chi connectivity index (χ3v) is 1.57. The molecule has 0 heterocycles. The predicted octanol–water partition coefficient (Wildman–Crippen LogP) is 2.43. The van der Waals surface area contributed by atoms with Crippen molar-refractivity contribution in [2.75, 3.05) is 0 Å². The molecule has 0 bridgehead atoms. The molecule has 0 aromatic carbocycles. The molecule has 0 saturated carbocycles. The molecule has 0 aromatic heterocycles. The summed E-state index contributed by atoms with van der Waals surface area (Å²) in [5.41, 5.74) is 1.47. The fraction of sp³-hybridized carbons (Fsp3) is 0.222. The van der Waals surface area contributed by atoms with Gasteiger partial charge in [0, 0.05) is 6.42 Å². The fourth-order valence-electron chi connectivity index (χ4n) is 0.900. The van der Waals surface area contributed by atoms with E-state index in [9.17, 15) is 4.39 Å². The van der Waals surface area contributed by atoms with Crippen LogP contribution in [0.2, 0.25) is 0 Å². The van der Waals surface area contributed by atoms with Gasteiger partial charge in [0.1, 0.15) is 6.17 Å². The molecule has 58 valence electrons. The van der Waals surface area contributed by atoms with Crippen molar-refractivity contribution < 1.29 is 4.39 Å². The van der Waals surface area contributed by atoms with E-state index in [2.05, 4.69) is 18.3 Å². The van der Waals surface area contributed by atoms with E-state index >= 15 is 0 Å². The van der Waals surface area contributed by atoms with Crippen molar-refractivity contribution in [2.45, 2.75) is 12.6 Å². The van der Waals surface area contributed by atoms with Crippen molar-refractivity contribution in [1.82, 2.24) is 0 Å². The first kappa shape index (κ1) is 7.92. The average molecular weight is 151 g/mol. The fourth-order valence-corrected chi connectivity index (χ4v) is 0.900. The maximum absolute atomic E-state index is 12.5. The van der Waals surface area contributed by atoms with Crippen molar-refractivity contribution in [3.05, 3.63) is 36.1 Å². The minimum absolute atomic E-state index is 0.417. The summed E-state index contributed by atoms with van der Waals surface area (Å²) in [7, 11) is 0. The minimum Gasteiger partial charge on any atom is -0.265 e. The first-order valence-corrected chi connectivity index (χ1v) is 3.42. The van der Waals surface area contributed by atoms with E-state index in [1.54, 1.807) is 12.2 Å². The lowest BCUT2D eigenvalue weighted by molar-refractivity contribution is 0.401. The van der Waals surface area contributed by atoms with Crippen LogP contribution in [0.3, 0.4) is 0 Å². The van der Waals surface area contributed by atoms with Gasteiger partial charge in [-0.05, 0) is 18.4 Å². The molecule has 0 spiro atoms. The Bertz CT molecular complexity index is 238. The van der Waals surface area contributed by atoms with Gasteiger partial charge in [-0.25, -0.2) is 4.39 Å². The number of hydrogen-bond donors (Lipinski definition) is 0. The third kappa shape index (κ3) is 1.87. The molecule has 0 aromatic rings. The van der Waals surface area contributed by atoms with Gasteiger partial charge < -0.3 is 0 Å². The molecule has 1 nitrogen and oxygen atoms in total. The van der Waals surface area contributed by atoms with Gasteiger partial charge in [0.05, 0.1) is 5.70 Å². The van der Waals surface area contributed by atoms with Crippen LogP contribution in [-0.4, -0.2) is 12.9 Å². The lowest BCUT2D eigenvalue weighted by Gasteiger charge is -2.08. The third-order valence-electron chi connectivity index (χ3n) is 1.57. The minimum atomic E-state index is -0.851. The molecule has 11 heavy (non-hydrogen) atoms. The van der Waals surface area contributed by atoms with E-state index in [0.29, 0.717) is 12.1 Å². The SMILES string of the molecule is C=NC(=C)C1=CCC(F)C=C1. The van der Waals surface area contributed by atoms with Crippen LogP contribution in [-0.2, 0) is 0 Å². The average Bonchev–Trinajstić information content (AvgIpc) is 2.05. The van der Waals surface area contributed by atoms with Gasteiger partial charge in [-0.2, -0.15) is 0 Å². The highest BCUT2D eigenvalue weighted by molar-refractivity contribution is 5.44. The van der Waals surface area contributed by atoms with Gasteiger partial charge in [0.2, 0.25) is 0 Å². The zero-order valence-corrected chi connectivity index (χ0v) is 6.26. The Morgan fingerprint density at radius 3 is 2.91 bits per heavy atom. The topological polar surface area (TPSA) is 12.4 Å². The second-order valence-electron chi connectivity index (χ2n) is 2.38. The van der Waals surface area contributed by atoms with Gasteiger partial charge in [0.15, 0.2) is 0 Å². The number of alkyl halides is 1. The summed E-state index contributed by atoms with van der Waals surface area (Å²) in [6, 6.07) is 0. The monoisotopic (exact) mass is 151 g/mol. The predicted molar refractivity (Wildman–Crippen MR) is 45.4 cm³/mol. The van der Waals surface area contributed by atoms with E-state index in [1.807, 2.05) is 0 Å². The number of allylic oxidation sites excluding steroid dienone is 3. The molecule has 1 atom stereocenters. The molecule has 0 fully saturated rings. The maximum Gasteiger partial charge on any atom is 0.122 e. The first-order valence-electron chi connectivity index (χ1n) is 3.42. The Morgan fingerprint density at radius 1 is 1.73 bits per heavy atom. The molecule has 0 radical (unpaired) electrons. The van der Waals surface area contributed by atoms with Crippen LogP contribution < -0.4 is 0 Å². The second-order valence-corrected chi connectivity index (χ2v) is 2.38. The Kier molecular flexibility index (Phi) is 2.36. The van der Waals surface area contributed by atoms with Crippen molar-refractivity contribution in [1.29, 1.82) is 0 Å². The molecule has 0 saturated heterocycles.